The molecule has 0 saturated carbocycles. The lowest BCUT2D eigenvalue weighted by Crippen LogP contribution is -2.45. The van der Waals surface area contributed by atoms with Gasteiger partial charge in [0.25, 0.3) is 5.91 Å². The molecule has 0 spiro atoms. The van der Waals surface area contributed by atoms with Crippen LogP contribution in [-0.4, -0.2) is 47.1 Å². The average molecular weight is 319 g/mol. The number of amides is 1. The maximum atomic E-state index is 13.1. The van der Waals surface area contributed by atoms with Gasteiger partial charge in [0.1, 0.15) is 23.4 Å². The standard InChI is InChI=1S/C16H18FN3O3/c1-11-8-18-16(19-11)14-9-22-6-5-20(14)15(21)10-23-13-4-2-3-12(17)7-13/h2-4,7-8,14H,5-6,9-10H2,1H3,(H,18,19)/t14-/m1/s1. The lowest BCUT2D eigenvalue weighted by atomic mass is 10.2. The lowest BCUT2D eigenvalue weighted by Gasteiger charge is -2.34. The number of nitrogens with zero attached hydrogens (tertiary/aromatic N) is 2. The van der Waals surface area contributed by atoms with Crippen molar-refractivity contribution >= 4 is 5.91 Å². The van der Waals surface area contributed by atoms with Gasteiger partial charge in [-0.1, -0.05) is 6.07 Å². The molecular weight excluding hydrogens is 301 g/mol. The number of carbonyl (C=O) groups excluding carboxylic acids is 1. The zero-order valence-electron chi connectivity index (χ0n) is 12.8. The van der Waals surface area contributed by atoms with Gasteiger partial charge in [-0.3, -0.25) is 4.79 Å². The summed E-state index contributed by atoms with van der Waals surface area (Å²) in [6.07, 6.45) is 1.72. The first-order chi connectivity index (χ1) is 11.1. The van der Waals surface area contributed by atoms with Crippen molar-refractivity contribution in [3.05, 3.63) is 47.8 Å². The smallest absolute Gasteiger partial charge is 0.261 e. The van der Waals surface area contributed by atoms with Crippen molar-refractivity contribution in [2.75, 3.05) is 26.4 Å². The number of aromatic amines is 1. The second-order valence-corrected chi connectivity index (χ2v) is 5.38. The third-order valence-electron chi connectivity index (χ3n) is 3.65. The van der Waals surface area contributed by atoms with E-state index in [-0.39, 0.29) is 18.6 Å². The first kappa shape index (κ1) is 15.5. The minimum Gasteiger partial charge on any atom is -0.484 e. The Balaban J connectivity index is 1.66. The number of aromatic nitrogens is 2. The van der Waals surface area contributed by atoms with Crippen LogP contribution < -0.4 is 4.74 Å². The summed E-state index contributed by atoms with van der Waals surface area (Å²) in [5, 5.41) is 0. The lowest BCUT2D eigenvalue weighted by molar-refractivity contribution is -0.142. The van der Waals surface area contributed by atoms with Gasteiger partial charge in [-0.05, 0) is 19.1 Å². The molecule has 1 fully saturated rings. The number of morpholine rings is 1. The molecule has 1 aromatic carbocycles. The van der Waals surface area contributed by atoms with E-state index in [1.165, 1.54) is 18.2 Å². The van der Waals surface area contributed by atoms with Crippen LogP contribution in [0.25, 0.3) is 0 Å². The third-order valence-corrected chi connectivity index (χ3v) is 3.65. The van der Waals surface area contributed by atoms with Gasteiger partial charge >= 0.3 is 0 Å². The topological polar surface area (TPSA) is 67.4 Å². The Bertz CT molecular complexity index is 689. The molecular formula is C16H18FN3O3. The number of hydrogen-bond donors (Lipinski definition) is 1. The van der Waals surface area contributed by atoms with Crippen molar-refractivity contribution in [2.24, 2.45) is 0 Å². The third kappa shape index (κ3) is 3.68. The van der Waals surface area contributed by atoms with Crippen LogP contribution in [0, 0.1) is 12.7 Å². The molecule has 0 aliphatic carbocycles. The molecule has 23 heavy (non-hydrogen) atoms. The van der Waals surface area contributed by atoms with Gasteiger partial charge in [-0.2, -0.15) is 0 Å². The Labute approximate surface area is 133 Å². The van der Waals surface area contributed by atoms with E-state index >= 15 is 0 Å². The van der Waals surface area contributed by atoms with Gasteiger partial charge in [0.2, 0.25) is 0 Å². The highest BCUT2D eigenvalue weighted by Crippen LogP contribution is 2.22. The van der Waals surface area contributed by atoms with E-state index in [0.29, 0.717) is 31.3 Å². The maximum Gasteiger partial charge on any atom is 0.261 e. The Morgan fingerprint density at radius 3 is 3.17 bits per heavy atom. The monoisotopic (exact) mass is 319 g/mol. The molecule has 1 atom stereocenters. The van der Waals surface area contributed by atoms with Gasteiger partial charge in [0.15, 0.2) is 6.61 Å². The molecule has 7 heteroatoms. The molecule has 1 aromatic heterocycles. The number of carbonyl (C=O) groups is 1. The van der Waals surface area contributed by atoms with Crippen molar-refractivity contribution in [1.29, 1.82) is 0 Å². The van der Waals surface area contributed by atoms with Crippen LogP contribution in [0.5, 0.6) is 5.75 Å². The predicted molar refractivity (Wildman–Crippen MR) is 80.5 cm³/mol. The van der Waals surface area contributed by atoms with Gasteiger partial charge in [0, 0.05) is 24.5 Å². The Kier molecular flexibility index (Phi) is 4.57. The Morgan fingerprint density at radius 1 is 1.57 bits per heavy atom. The second-order valence-electron chi connectivity index (χ2n) is 5.38. The molecule has 1 aliphatic heterocycles. The summed E-state index contributed by atoms with van der Waals surface area (Å²) in [5.41, 5.74) is 0.925. The Hall–Kier alpha value is -2.41. The molecule has 0 bridgehead atoms. The second kappa shape index (κ2) is 6.78. The number of rotatable bonds is 4. The van der Waals surface area contributed by atoms with E-state index in [1.54, 1.807) is 17.2 Å². The van der Waals surface area contributed by atoms with Crippen molar-refractivity contribution in [2.45, 2.75) is 13.0 Å². The van der Waals surface area contributed by atoms with E-state index in [4.69, 9.17) is 9.47 Å². The SMILES string of the molecule is Cc1cnc([C@H]2COCCN2C(=O)COc2cccc(F)c2)[nH]1. The van der Waals surface area contributed by atoms with E-state index < -0.39 is 5.82 Å². The van der Waals surface area contributed by atoms with Gasteiger partial charge < -0.3 is 19.4 Å². The van der Waals surface area contributed by atoms with E-state index in [9.17, 15) is 9.18 Å². The van der Waals surface area contributed by atoms with Crippen LogP contribution in [0.3, 0.4) is 0 Å². The molecule has 1 aliphatic rings. The Morgan fingerprint density at radius 2 is 2.43 bits per heavy atom. The number of ether oxygens (including phenoxy) is 2. The fraction of sp³-hybridized carbons (Fsp3) is 0.375. The first-order valence-electron chi connectivity index (χ1n) is 7.40. The highest BCUT2D eigenvalue weighted by molar-refractivity contribution is 5.78. The number of aryl methyl sites for hydroxylation is 1. The predicted octanol–water partition coefficient (Wildman–Crippen LogP) is 1.84. The van der Waals surface area contributed by atoms with Gasteiger partial charge in [-0.15, -0.1) is 0 Å². The molecule has 3 rings (SSSR count). The van der Waals surface area contributed by atoms with Crippen LogP contribution >= 0.6 is 0 Å². The molecule has 2 aromatic rings. The molecule has 1 N–H and O–H groups in total. The minimum atomic E-state index is -0.398. The van der Waals surface area contributed by atoms with Crippen LogP contribution in [0.1, 0.15) is 17.6 Å². The fourth-order valence-corrected chi connectivity index (χ4v) is 2.52. The van der Waals surface area contributed by atoms with E-state index in [1.807, 2.05) is 6.92 Å². The normalized spacial score (nSPS) is 18.0. The summed E-state index contributed by atoms with van der Waals surface area (Å²) in [6.45, 7) is 3.08. The molecule has 2 heterocycles. The number of imidazole rings is 1. The summed E-state index contributed by atoms with van der Waals surface area (Å²) in [5.74, 6) is 0.445. The van der Waals surface area contributed by atoms with Crippen molar-refractivity contribution in [1.82, 2.24) is 14.9 Å². The molecule has 0 unspecified atom stereocenters. The maximum absolute atomic E-state index is 13.1. The van der Waals surface area contributed by atoms with Crippen LogP contribution in [0.15, 0.2) is 30.5 Å². The van der Waals surface area contributed by atoms with Crippen LogP contribution in [0.4, 0.5) is 4.39 Å². The van der Waals surface area contributed by atoms with Crippen LogP contribution in [-0.2, 0) is 9.53 Å². The quantitative estimate of drug-likeness (QED) is 0.934. The summed E-state index contributed by atoms with van der Waals surface area (Å²) < 4.78 is 24.0. The highest BCUT2D eigenvalue weighted by Gasteiger charge is 2.30. The van der Waals surface area contributed by atoms with Gasteiger partial charge in [0.05, 0.1) is 13.2 Å². The van der Waals surface area contributed by atoms with E-state index in [2.05, 4.69) is 9.97 Å². The minimum absolute atomic E-state index is 0.153. The number of hydrogen-bond acceptors (Lipinski definition) is 4. The molecule has 122 valence electrons. The number of nitrogens with one attached hydrogen (secondary N) is 1. The average Bonchev–Trinajstić information content (AvgIpc) is 2.99. The number of H-pyrrole nitrogens is 1. The molecule has 1 amide bonds. The summed E-state index contributed by atoms with van der Waals surface area (Å²) >= 11 is 0. The van der Waals surface area contributed by atoms with E-state index in [0.717, 1.165) is 5.69 Å². The van der Waals surface area contributed by atoms with Crippen molar-refractivity contribution in [3.63, 3.8) is 0 Å². The largest absolute Gasteiger partial charge is 0.484 e. The zero-order chi connectivity index (χ0) is 16.2. The first-order valence-corrected chi connectivity index (χ1v) is 7.40. The number of halogens is 1. The number of benzene rings is 1. The fourth-order valence-electron chi connectivity index (χ4n) is 2.52. The zero-order valence-corrected chi connectivity index (χ0v) is 12.8. The van der Waals surface area contributed by atoms with Crippen molar-refractivity contribution in [3.8, 4) is 5.75 Å². The molecule has 1 saturated heterocycles. The van der Waals surface area contributed by atoms with Crippen molar-refractivity contribution < 1.29 is 18.7 Å². The molecule has 0 radical (unpaired) electrons. The highest BCUT2D eigenvalue weighted by atomic mass is 19.1. The van der Waals surface area contributed by atoms with Crippen LogP contribution in [0.2, 0.25) is 0 Å². The molecule has 6 nitrogen and oxygen atoms in total. The summed E-state index contributed by atoms with van der Waals surface area (Å²) in [6, 6.07) is 5.47. The van der Waals surface area contributed by atoms with Gasteiger partial charge in [-0.25, -0.2) is 9.37 Å². The summed E-state index contributed by atoms with van der Waals surface area (Å²) in [4.78, 5) is 21.6. The summed E-state index contributed by atoms with van der Waals surface area (Å²) in [7, 11) is 0.